The van der Waals surface area contributed by atoms with E-state index in [-0.39, 0.29) is 17.9 Å². The summed E-state index contributed by atoms with van der Waals surface area (Å²) in [7, 11) is 1.46. The number of hydrogen-bond acceptors (Lipinski definition) is 6. The first-order valence-corrected chi connectivity index (χ1v) is 6.58. The minimum Gasteiger partial charge on any atom is -0.495 e. The van der Waals surface area contributed by atoms with Crippen molar-refractivity contribution in [2.75, 3.05) is 13.7 Å². The zero-order chi connectivity index (χ0) is 14.9. The Labute approximate surface area is 123 Å². The summed E-state index contributed by atoms with van der Waals surface area (Å²) in [4.78, 5) is 35.3. The smallest absolute Gasteiger partial charge is 0.379 e. The highest BCUT2D eigenvalue weighted by molar-refractivity contribution is 9.10. The van der Waals surface area contributed by atoms with Gasteiger partial charge in [-0.15, -0.1) is 0 Å². The number of carbonyl (C=O) groups is 3. The van der Waals surface area contributed by atoms with Gasteiger partial charge in [0.15, 0.2) is 0 Å². The lowest BCUT2D eigenvalue weighted by atomic mass is 10.1. The first-order chi connectivity index (χ1) is 9.49. The van der Waals surface area contributed by atoms with Gasteiger partial charge in [-0.1, -0.05) is 0 Å². The summed E-state index contributed by atoms with van der Waals surface area (Å²) < 4.78 is 15.5. The summed E-state index contributed by atoms with van der Waals surface area (Å²) >= 11 is 3.24. The van der Waals surface area contributed by atoms with E-state index in [4.69, 9.17) is 9.47 Å². The Bertz CT molecular complexity index is 595. The molecule has 0 amide bonds. The average Bonchev–Trinajstić information content (AvgIpc) is 2.74. The number of ketones is 2. The first kappa shape index (κ1) is 14.5. The normalized spacial score (nSPS) is 16.4. The van der Waals surface area contributed by atoms with E-state index in [2.05, 4.69) is 20.7 Å². The van der Waals surface area contributed by atoms with E-state index in [1.165, 1.54) is 19.2 Å². The lowest BCUT2D eigenvalue weighted by Gasteiger charge is -2.07. The Morgan fingerprint density at radius 2 is 2.10 bits per heavy atom. The second-order valence-electron chi connectivity index (χ2n) is 3.93. The second-order valence-corrected chi connectivity index (χ2v) is 4.78. The van der Waals surface area contributed by atoms with Crippen molar-refractivity contribution in [3.05, 3.63) is 22.2 Å². The molecule has 6 nitrogen and oxygen atoms in total. The third-order valence-electron chi connectivity index (χ3n) is 2.72. The molecule has 1 aliphatic heterocycles. The van der Waals surface area contributed by atoms with Crippen molar-refractivity contribution in [2.24, 2.45) is 0 Å². The average molecular weight is 343 g/mol. The molecule has 1 aromatic rings. The molecule has 1 unspecified atom stereocenters. The topological polar surface area (TPSA) is 78.9 Å². The van der Waals surface area contributed by atoms with Crippen LogP contribution in [0, 0.1) is 0 Å². The van der Waals surface area contributed by atoms with Crippen LogP contribution in [-0.2, 0) is 14.3 Å². The highest BCUT2D eigenvalue weighted by atomic mass is 79.9. The number of esters is 1. The third-order valence-corrected chi connectivity index (χ3v) is 3.34. The van der Waals surface area contributed by atoms with Crippen molar-refractivity contribution in [1.82, 2.24) is 0 Å². The van der Waals surface area contributed by atoms with Crippen molar-refractivity contribution in [3.8, 4) is 11.5 Å². The van der Waals surface area contributed by atoms with Gasteiger partial charge in [0.05, 0.1) is 23.8 Å². The molecule has 0 aliphatic carbocycles. The van der Waals surface area contributed by atoms with Crippen LogP contribution in [0.2, 0.25) is 0 Å². The van der Waals surface area contributed by atoms with Gasteiger partial charge in [0, 0.05) is 6.07 Å². The Kier molecular flexibility index (Phi) is 4.08. The van der Waals surface area contributed by atoms with E-state index in [9.17, 15) is 14.4 Å². The number of carbonyl (C=O) groups excluding carboxylic acids is 3. The molecule has 0 radical (unpaired) electrons. The van der Waals surface area contributed by atoms with Crippen LogP contribution in [-0.4, -0.2) is 37.4 Å². The molecule has 2 rings (SSSR count). The number of hydrogen-bond donors (Lipinski definition) is 0. The van der Waals surface area contributed by atoms with Crippen LogP contribution in [0.3, 0.4) is 0 Å². The molecule has 0 saturated heterocycles. The third kappa shape index (κ3) is 2.40. The SMILES string of the molecule is CCOC(=O)C(=O)C1Oc2cc(OC)c(Br)cc2C1=O. The van der Waals surface area contributed by atoms with Gasteiger partial charge in [-0.05, 0) is 28.9 Å². The maximum absolute atomic E-state index is 12.1. The Hall–Kier alpha value is -1.89. The molecule has 1 atom stereocenters. The van der Waals surface area contributed by atoms with Crippen LogP contribution in [0.5, 0.6) is 11.5 Å². The fourth-order valence-corrected chi connectivity index (χ4v) is 2.29. The molecule has 0 fully saturated rings. The number of ether oxygens (including phenoxy) is 3. The number of rotatable bonds is 4. The quantitative estimate of drug-likeness (QED) is 0.469. The summed E-state index contributed by atoms with van der Waals surface area (Å²) in [6.45, 7) is 1.62. The van der Waals surface area contributed by atoms with Gasteiger partial charge in [-0.2, -0.15) is 0 Å². The maximum atomic E-state index is 12.1. The molecule has 7 heteroatoms. The molecular weight excluding hydrogens is 332 g/mol. The van der Waals surface area contributed by atoms with E-state index in [1.807, 2.05) is 0 Å². The fraction of sp³-hybridized carbons (Fsp3) is 0.308. The molecule has 1 aromatic carbocycles. The first-order valence-electron chi connectivity index (χ1n) is 5.79. The molecule has 0 saturated carbocycles. The van der Waals surface area contributed by atoms with Crippen molar-refractivity contribution < 1.29 is 28.6 Å². The number of benzene rings is 1. The monoisotopic (exact) mass is 342 g/mol. The standard InChI is InChI=1S/C13H11BrO6/c1-3-19-13(17)11(16)12-10(15)6-4-7(14)9(18-2)5-8(6)20-12/h4-5,12H,3H2,1-2H3. The van der Waals surface area contributed by atoms with Crippen molar-refractivity contribution in [1.29, 1.82) is 0 Å². The van der Waals surface area contributed by atoms with Gasteiger partial charge < -0.3 is 14.2 Å². The van der Waals surface area contributed by atoms with Crippen molar-refractivity contribution in [3.63, 3.8) is 0 Å². The molecule has 0 bridgehead atoms. The van der Waals surface area contributed by atoms with Crippen molar-refractivity contribution in [2.45, 2.75) is 13.0 Å². The lowest BCUT2D eigenvalue weighted by molar-refractivity contribution is -0.155. The Morgan fingerprint density at radius 1 is 1.40 bits per heavy atom. The summed E-state index contributed by atoms with van der Waals surface area (Å²) in [5.41, 5.74) is 0.223. The summed E-state index contributed by atoms with van der Waals surface area (Å²) in [6.07, 6.45) is -1.48. The molecule has 1 heterocycles. The highest BCUT2D eigenvalue weighted by Gasteiger charge is 2.42. The Balaban J connectivity index is 2.29. The van der Waals surface area contributed by atoms with Crippen LogP contribution in [0.25, 0.3) is 0 Å². The van der Waals surface area contributed by atoms with E-state index in [1.54, 1.807) is 6.92 Å². The van der Waals surface area contributed by atoms with E-state index in [0.29, 0.717) is 10.2 Å². The van der Waals surface area contributed by atoms with Gasteiger partial charge >= 0.3 is 5.97 Å². The number of fused-ring (bicyclic) bond motifs is 1. The van der Waals surface area contributed by atoms with E-state index in [0.717, 1.165) is 0 Å². The minimum absolute atomic E-state index is 0.0534. The number of halogens is 1. The molecule has 20 heavy (non-hydrogen) atoms. The molecule has 0 spiro atoms. The lowest BCUT2D eigenvalue weighted by Crippen LogP contribution is -2.37. The molecule has 1 aliphatic rings. The van der Waals surface area contributed by atoms with Crippen LogP contribution in [0.15, 0.2) is 16.6 Å². The summed E-state index contributed by atoms with van der Waals surface area (Å²) in [5.74, 6) is -1.99. The van der Waals surface area contributed by atoms with E-state index >= 15 is 0 Å². The zero-order valence-corrected chi connectivity index (χ0v) is 12.4. The number of methoxy groups -OCH3 is 1. The largest absolute Gasteiger partial charge is 0.495 e. The van der Waals surface area contributed by atoms with Crippen LogP contribution < -0.4 is 9.47 Å². The zero-order valence-electron chi connectivity index (χ0n) is 10.8. The van der Waals surface area contributed by atoms with Crippen LogP contribution >= 0.6 is 15.9 Å². The van der Waals surface area contributed by atoms with Crippen LogP contribution in [0.4, 0.5) is 0 Å². The second kappa shape index (κ2) is 5.62. The highest BCUT2D eigenvalue weighted by Crippen LogP contribution is 2.37. The van der Waals surface area contributed by atoms with Gasteiger partial charge in [-0.25, -0.2) is 4.79 Å². The molecule has 0 N–H and O–H groups in total. The Morgan fingerprint density at radius 3 is 2.70 bits per heavy atom. The van der Waals surface area contributed by atoms with Crippen molar-refractivity contribution >= 4 is 33.5 Å². The predicted molar refractivity (Wildman–Crippen MR) is 71.1 cm³/mol. The van der Waals surface area contributed by atoms with Gasteiger partial charge in [-0.3, -0.25) is 9.59 Å². The van der Waals surface area contributed by atoms with Gasteiger partial charge in [0.1, 0.15) is 11.5 Å². The molecule has 0 aromatic heterocycles. The maximum Gasteiger partial charge on any atom is 0.379 e. The molecule has 106 valence electrons. The van der Waals surface area contributed by atoms with Gasteiger partial charge in [0.2, 0.25) is 11.9 Å². The predicted octanol–water partition coefficient (Wildman–Crippen LogP) is 1.53. The minimum atomic E-state index is -1.48. The summed E-state index contributed by atoms with van der Waals surface area (Å²) in [6, 6.07) is 2.98. The van der Waals surface area contributed by atoms with E-state index < -0.39 is 23.6 Å². The summed E-state index contributed by atoms with van der Waals surface area (Å²) in [5, 5.41) is 0. The van der Waals surface area contributed by atoms with Crippen LogP contribution in [0.1, 0.15) is 17.3 Å². The fourth-order valence-electron chi connectivity index (χ4n) is 1.78. The van der Waals surface area contributed by atoms with Gasteiger partial charge in [0.25, 0.3) is 5.78 Å². The molecular formula is C13H11BrO6. The number of Topliss-reactive ketones (excluding diaryl/α,β-unsaturated/α-hetero) is 2.